The molecule has 3 aliphatic rings. The van der Waals surface area contributed by atoms with Crippen molar-refractivity contribution in [1.82, 2.24) is 4.90 Å². The Kier molecular flexibility index (Phi) is 10.3. The van der Waals surface area contributed by atoms with E-state index in [9.17, 15) is 38.4 Å². The highest BCUT2D eigenvalue weighted by atomic mass is 16.7. The summed E-state index contributed by atoms with van der Waals surface area (Å²) in [4.78, 5) is 103. The van der Waals surface area contributed by atoms with Gasteiger partial charge in [0.1, 0.15) is 31.5 Å². The van der Waals surface area contributed by atoms with Crippen LogP contribution in [-0.4, -0.2) is 108 Å². The van der Waals surface area contributed by atoms with E-state index in [2.05, 4.69) is 0 Å². The van der Waals surface area contributed by atoms with Crippen molar-refractivity contribution in [1.29, 1.82) is 0 Å². The van der Waals surface area contributed by atoms with Crippen molar-refractivity contribution >= 4 is 47.6 Å². The molecule has 16 heteroatoms. The van der Waals surface area contributed by atoms with Gasteiger partial charge >= 0.3 is 35.8 Å². The van der Waals surface area contributed by atoms with Crippen LogP contribution in [0.3, 0.4) is 0 Å². The summed E-state index contributed by atoms with van der Waals surface area (Å²) in [6.45, 7) is 6.87. The summed E-state index contributed by atoms with van der Waals surface area (Å²) in [6.07, 6.45) is -9.51. The van der Waals surface area contributed by atoms with E-state index in [0.717, 1.165) is 27.7 Å². The third kappa shape index (κ3) is 7.59. The lowest BCUT2D eigenvalue weighted by atomic mass is 9.89. The molecular weight excluding hydrogens is 626 g/mol. The van der Waals surface area contributed by atoms with Crippen molar-refractivity contribution in [3.63, 3.8) is 0 Å². The van der Waals surface area contributed by atoms with Crippen LogP contribution >= 0.6 is 0 Å². The first-order valence-electron chi connectivity index (χ1n) is 14.7. The number of imide groups is 1. The molecule has 0 saturated carbocycles. The smallest absolute Gasteiger partial charge is 0.348 e. The second-order valence-corrected chi connectivity index (χ2v) is 11.9. The molecule has 0 aromatic heterocycles. The van der Waals surface area contributed by atoms with Gasteiger partial charge in [-0.3, -0.25) is 33.7 Å². The van der Waals surface area contributed by atoms with Crippen LogP contribution in [0.15, 0.2) is 24.3 Å². The number of nitrogens with zero attached hydrogens (tertiary/aromatic N) is 1. The number of hydrogen-bond donors (Lipinski definition) is 0. The van der Waals surface area contributed by atoms with Gasteiger partial charge in [0.2, 0.25) is 6.10 Å². The fourth-order valence-electron chi connectivity index (χ4n) is 5.66. The second-order valence-electron chi connectivity index (χ2n) is 11.9. The molecule has 0 aliphatic carbocycles. The Morgan fingerprint density at radius 1 is 0.787 bits per heavy atom. The SMILES string of the molecule is CC(=O)OC[C@H]1O[C@H](C[C@H](C(=O)O[C@H]2C(=O)OCC2(C)C)N2C(=O)c3ccccc3C2=O)[C@H](OC(C)=O)[C@@H](OC(C)=O)[C@@H]1OC(C)=O. The zero-order valence-electron chi connectivity index (χ0n) is 26.5. The number of carbonyl (C=O) groups is 8. The first kappa shape index (κ1) is 35.0. The molecular formula is C31H35NO15. The number of amides is 2. The highest BCUT2D eigenvalue weighted by Gasteiger charge is 2.55. The van der Waals surface area contributed by atoms with Gasteiger partial charge in [0.15, 0.2) is 18.3 Å². The van der Waals surface area contributed by atoms with Crippen molar-refractivity contribution in [2.24, 2.45) is 5.41 Å². The molecule has 3 aliphatic heterocycles. The average Bonchev–Trinajstić information content (AvgIpc) is 3.38. The Balaban J connectivity index is 1.79. The third-order valence-corrected chi connectivity index (χ3v) is 7.70. The van der Waals surface area contributed by atoms with E-state index in [1.807, 2.05) is 0 Å². The third-order valence-electron chi connectivity index (χ3n) is 7.70. The molecule has 1 aromatic carbocycles. The van der Waals surface area contributed by atoms with Gasteiger partial charge in [0.05, 0.1) is 11.1 Å². The number of carbonyl (C=O) groups excluding carboxylic acids is 8. The number of rotatable bonds is 10. The van der Waals surface area contributed by atoms with Gasteiger partial charge in [0.25, 0.3) is 11.8 Å². The van der Waals surface area contributed by atoms with E-state index in [4.69, 9.17) is 33.2 Å². The molecule has 4 rings (SSSR count). The summed E-state index contributed by atoms with van der Waals surface area (Å²) in [7, 11) is 0. The van der Waals surface area contributed by atoms with E-state index in [1.54, 1.807) is 13.8 Å². The highest BCUT2D eigenvalue weighted by Crippen LogP contribution is 2.36. The molecule has 0 N–H and O–H groups in total. The van der Waals surface area contributed by atoms with Crippen molar-refractivity contribution in [3.05, 3.63) is 35.4 Å². The lowest BCUT2D eigenvalue weighted by Gasteiger charge is -2.45. The van der Waals surface area contributed by atoms with E-state index in [1.165, 1.54) is 24.3 Å². The highest BCUT2D eigenvalue weighted by molar-refractivity contribution is 6.22. The second kappa shape index (κ2) is 13.9. The van der Waals surface area contributed by atoms with Crippen LogP contribution in [0.5, 0.6) is 0 Å². The monoisotopic (exact) mass is 661 g/mol. The predicted octanol–water partition coefficient (Wildman–Crippen LogP) is 0.662. The molecule has 0 radical (unpaired) electrons. The van der Waals surface area contributed by atoms with Crippen molar-refractivity contribution < 1.29 is 71.5 Å². The van der Waals surface area contributed by atoms with E-state index < -0.39 is 109 Å². The number of ether oxygens (including phenoxy) is 7. The summed E-state index contributed by atoms with van der Waals surface area (Å²) < 4.78 is 38.2. The lowest BCUT2D eigenvalue weighted by molar-refractivity contribution is -0.254. The normalized spacial score (nSPS) is 26.9. The molecule has 2 saturated heterocycles. The van der Waals surface area contributed by atoms with E-state index in [-0.39, 0.29) is 17.7 Å². The minimum atomic E-state index is -1.80. The molecule has 0 bridgehead atoms. The van der Waals surface area contributed by atoms with Crippen molar-refractivity contribution in [2.45, 2.75) is 90.6 Å². The fraction of sp³-hybridized carbons (Fsp3) is 0.548. The van der Waals surface area contributed by atoms with Crippen LogP contribution in [0, 0.1) is 5.41 Å². The molecule has 16 nitrogen and oxygen atoms in total. The largest absolute Gasteiger partial charge is 0.463 e. The molecule has 3 heterocycles. The zero-order valence-corrected chi connectivity index (χ0v) is 26.5. The standard InChI is InChI=1S/C31H35NO15/c1-14(33)41-12-22-24(44-16(3)35)25(45-17(4)36)23(43-15(2)34)21(46-22)11-20(29(39)47-26-30(40)42-13-31(26,5)6)32-27(37)18-9-7-8-10-19(18)28(32)38/h7-10,20-26H,11-13H2,1-6H3/t20-,21-,22-,23+,24-,25-,26+/m1/s1. The van der Waals surface area contributed by atoms with Crippen LogP contribution in [0.1, 0.15) is 68.7 Å². The van der Waals surface area contributed by atoms with Gasteiger partial charge in [-0.25, -0.2) is 9.59 Å². The van der Waals surface area contributed by atoms with Crippen LogP contribution in [0.2, 0.25) is 0 Å². The van der Waals surface area contributed by atoms with Gasteiger partial charge in [-0.1, -0.05) is 26.0 Å². The molecule has 7 atom stereocenters. The van der Waals surface area contributed by atoms with E-state index >= 15 is 0 Å². The van der Waals surface area contributed by atoms with Crippen molar-refractivity contribution in [3.8, 4) is 0 Å². The molecule has 2 amide bonds. The Morgan fingerprint density at radius 2 is 1.30 bits per heavy atom. The van der Waals surface area contributed by atoms with Gasteiger partial charge in [-0.15, -0.1) is 0 Å². The van der Waals surface area contributed by atoms with E-state index in [0.29, 0.717) is 4.90 Å². The van der Waals surface area contributed by atoms with Gasteiger partial charge in [-0.05, 0) is 12.1 Å². The average molecular weight is 662 g/mol. The Hall–Kier alpha value is -4.86. The Labute approximate surface area is 268 Å². The summed E-state index contributed by atoms with van der Waals surface area (Å²) >= 11 is 0. The molecule has 0 unspecified atom stereocenters. The fourth-order valence-corrected chi connectivity index (χ4v) is 5.66. The maximum Gasteiger partial charge on any atom is 0.348 e. The van der Waals surface area contributed by atoms with Crippen LogP contribution in [0.4, 0.5) is 0 Å². The summed E-state index contributed by atoms with van der Waals surface area (Å²) in [5.74, 6) is -7.09. The molecule has 254 valence electrons. The number of hydrogen-bond acceptors (Lipinski definition) is 15. The molecule has 2 fully saturated rings. The first-order valence-corrected chi connectivity index (χ1v) is 14.7. The van der Waals surface area contributed by atoms with Gasteiger partial charge < -0.3 is 33.2 Å². The van der Waals surface area contributed by atoms with Crippen LogP contribution in [-0.2, 0) is 61.9 Å². The van der Waals surface area contributed by atoms with Gasteiger partial charge in [0, 0.05) is 39.5 Å². The Bertz CT molecular complexity index is 1450. The lowest BCUT2D eigenvalue weighted by Crippen LogP contribution is -2.63. The summed E-state index contributed by atoms with van der Waals surface area (Å²) in [5.41, 5.74) is -0.969. The maximum absolute atomic E-state index is 14.0. The van der Waals surface area contributed by atoms with Crippen LogP contribution < -0.4 is 0 Å². The molecule has 1 aromatic rings. The maximum atomic E-state index is 14.0. The Morgan fingerprint density at radius 3 is 1.77 bits per heavy atom. The summed E-state index contributed by atoms with van der Waals surface area (Å²) in [6, 6.07) is 4.04. The van der Waals surface area contributed by atoms with Gasteiger partial charge in [-0.2, -0.15) is 0 Å². The molecule has 47 heavy (non-hydrogen) atoms. The predicted molar refractivity (Wildman–Crippen MR) is 152 cm³/mol. The van der Waals surface area contributed by atoms with Crippen LogP contribution in [0.25, 0.3) is 0 Å². The quantitative estimate of drug-likeness (QED) is 0.192. The number of fused-ring (bicyclic) bond motifs is 1. The summed E-state index contributed by atoms with van der Waals surface area (Å²) in [5, 5.41) is 0. The van der Waals surface area contributed by atoms with Crippen molar-refractivity contribution in [2.75, 3.05) is 13.2 Å². The zero-order chi connectivity index (χ0) is 34.8. The number of benzene rings is 1. The number of esters is 6. The number of cyclic esters (lactones) is 1. The molecule has 0 spiro atoms. The first-order chi connectivity index (χ1) is 22.0. The minimum Gasteiger partial charge on any atom is -0.463 e. The minimum absolute atomic E-state index is 0.00236. The topological polar surface area (TPSA) is 204 Å².